The van der Waals surface area contributed by atoms with Gasteiger partial charge < -0.3 is 15.0 Å². The van der Waals surface area contributed by atoms with Gasteiger partial charge in [-0.15, -0.1) is 0 Å². The Morgan fingerprint density at radius 3 is 2.50 bits per heavy atom. The zero-order valence-corrected chi connectivity index (χ0v) is 10.4. The molecule has 1 N–H and O–H groups in total. The van der Waals surface area contributed by atoms with Gasteiger partial charge in [-0.2, -0.15) is 0 Å². The predicted molar refractivity (Wildman–Crippen MR) is 65.7 cm³/mol. The molecule has 2 aliphatic rings. The van der Waals surface area contributed by atoms with Crippen molar-refractivity contribution in [2.45, 2.75) is 44.8 Å². The van der Waals surface area contributed by atoms with Crippen LogP contribution in [0.15, 0.2) is 4.99 Å². The summed E-state index contributed by atoms with van der Waals surface area (Å²) in [4.78, 5) is 6.71. The number of ether oxygens (including phenoxy) is 1. The summed E-state index contributed by atoms with van der Waals surface area (Å²) in [7, 11) is 1.87. The fourth-order valence-electron chi connectivity index (χ4n) is 2.18. The summed E-state index contributed by atoms with van der Waals surface area (Å²) in [6, 6.07) is 0.684. The fraction of sp³-hybridized carbons (Fsp3) is 0.917. The van der Waals surface area contributed by atoms with Gasteiger partial charge in [0.05, 0.1) is 6.10 Å². The lowest BCUT2D eigenvalue weighted by molar-refractivity contribution is 0.0263. The first-order valence-electron chi connectivity index (χ1n) is 6.43. The summed E-state index contributed by atoms with van der Waals surface area (Å²) in [6.07, 6.45) is 5.31. The normalized spacial score (nSPS) is 23.6. The van der Waals surface area contributed by atoms with E-state index in [1.54, 1.807) is 0 Å². The molecule has 1 aliphatic carbocycles. The molecule has 0 amide bonds. The molecule has 0 aromatic rings. The lowest BCUT2D eigenvalue weighted by atomic mass is 10.1. The van der Waals surface area contributed by atoms with Gasteiger partial charge in [-0.05, 0) is 32.6 Å². The summed E-state index contributed by atoms with van der Waals surface area (Å²) in [5, 5.41) is 3.49. The van der Waals surface area contributed by atoms with E-state index in [0.29, 0.717) is 12.1 Å². The van der Waals surface area contributed by atoms with Gasteiger partial charge in [0.2, 0.25) is 0 Å². The molecular weight excluding hydrogens is 202 g/mol. The van der Waals surface area contributed by atoms with Crippen molar-refractivity contribution in [3.63, 3.8) is 0 Å². The lowest BCUT2D eigenvalue weighted by Gasteiger charge is -2.34. The van der Waals surface area contributed by atoms with Crippen molar-refractivity contribution in [1.29, 1.82) is 0 Å². The summed E-state index contributed by atoms with van der Waals surface area (Å²) in [5.74, 6) is 1.08. The number of hydrogen-bond acceptors (Lipinski definition) is 2. The monoisotopic (exact) mass is 225 g/mol. The third-order valence-corrected chi connectivity index (χ3v) is 3.27. The Morgan fingerprint density at radius 2 is 2.00 bits per heavy atom. The second kappa shape index (κ2) is 5.53. The van der Waals surface area contributed by atoms with E-state index in [4.69, 9.17) is 4.74 Å². The first-order valence-corrected chi connectivity index (χ1v) is 6.43. The van der Waals surface area contributed by atoms with Crippen LogP contribution in [0.1, 0.15) is 32.6 Å². The maximum atomic E-state index is 5.65. The van der Waals surface area contributed by atoms with E-state index in [2.05, 4.69) is 22.1 Å². The fourth-order valence-corrected chi connectivity index (χ4v) is 2.18. The van der Waals surface area contributed by atoms with Crippen molar-refractivity contribution in [3.05, 3.63) is 0 Å². The highest BCUT2D eigenvalue weighted by Crippen LogP contribution is 2.20. The Morgan fingerprint density at radius 1 is 1.31 bits per heavy atom. The number of hydrogen-bond donors (Lipinski definition) is 1. The van der Waals surface area contributed by atoms with E-state index in [9.17, 15) is 0 Å². The SMILES string of the molecule is CCOC1CCN(C(=NC)NC2CC2)CC1. The zero-order valence-electron chi connectivity index (χ0n) is 10.4. The average molecular weight is 225 g/mol. The van der Waals surface area contributed by atoms with Crippen LogP contribution in [0.3, 0.4) is 0 Å². The minimum Gasteiger partial charge on any atom is -0.378 e. The molecule has 0 aromatic heterocycles. The van der Waals surface area contributed by atoms with Crippen LogP contribution >= 0.6 is 0 Å². The molecular formula is C12H23N3O. The molecule has 92 valence electrons. The lowest BCUT2D eigenvalue weighted by Crippen LogP contribution is -2.47. The molecule has 0 spiro atoms. The maximum absolute atomic E-state index is 5.65. The van der Waals surface area contributed by atoms with Crippen molar-refractivity contribution in [3.8, 4) is 0 Å². The molecule has 4 heteroatoms. The Kier molecular flexibility index (Phi) is 4.04. The van der Waals surface area contributed by atoms with Crippen LogP contribution in [0.5, 0.6) is 0 Å². The van der Waals surface area contributed by atoms with E-state index in [0.717, 1.165) is 38.5 Å². The minimum absolute atomic E-state index is 0.459. The van der Waals surface area contributed by atoms with Crippen molar-refractivity contribution in [2.24, 2.45) is 4.99 Å². The minimum atomic E-state index is 0.459. The first-order chi connectivity index (χ1) is 7.83. The zero-order chi connectivity index (χ0) is 11.4. The van der Waals surface area contributed by atoms with Gasteiger partial charge >= 0.3 is 0 Å². The van der Waals surface area contributed by atoms with Gasteiger partial charge in [0.15, 0.2) is 5.96 Å². The molecule has 0 bridgehead atoms. The van der Waals surface area contributed by atoms with Crippen LogP contribution in [0.4, 0.5) is 0 Å². The van der Waals surface area contributed by atoms with Crippen molar-refractivity contribution in [1.82, 2.24) is 10.2 Å². The third kappa shape index (κ3) is 3.11. The quantitative estimate of drug-likeness (QED) is 0.580. The number of aliphatic imine (C=N–C) groups is 1. The standard InChI is InChI=1S/C12H23N3O/c1-3-16-11-6-8-15(9-7-11)12(13-2)14-10-4-5-10/h10-11H,3-9H2,1-2H3,(H,13,14). The molecule has 2 fully saturated rings. The highest BCUT2D eigenvalue weighted by molar-refractivity contribution is 5.80. The first kappa shape index (κ1) is 11.7. The number of piperidine rings is 1. The number of nitrogens with zero attached hydrogens (tertiary/aromatic N) is 2. The van der Waals surface area contributed by atoms with Gasteiger partial charge in [-0.25, -0.2) is 0 Å². The third-order valence-electron chi connectivity index (χ3n) is 3.27. The molecule has 0 unspecified atom stereocenters. The molecule has 0 atom stereocenters. The Balaban J connectivity index is 1.77. The average Bonchev–Trinajstić information content (AvgIpc) is 3.11. The number of likely N-dealkylation sites (tertiary alicyclic amines) is 1. The molecule has 1 aliphatic heterocycles. The molecule has 1 heterocycles. The van der Waals surface area contributed by atoms with E-state index < -0.39 is 0 Å². The van der Waals surface area contributed by atoms with Gasteiger partial charge in [0.1, 0.15) is 0 Å². The number of nitrogens with one attached hydrogen (secondary N) is 1. The van der Waals surface area contributed by atoms with Gasteiger partial charge in [-0.3, -0.25) is 4.99 Å². The largest absolute Gasteiger partial charge is 0.378 e. The smallest absolute Gasteiger partial charge is 0.193 e. The van der Waals surface area contributed by atoms with Crippen LogP contribution in [0.2, 0.25) is 0 Å². The van der Waals surface area contributed by atoms with Crippen molar-refractivity contribution >= 4 is 5.96 Å². The van der Waals surface area contributed by atoms with E-state index in [-0.39, 0.29) is 0 Å². The van der Waals surface area contributed by atoms with Crippen LogP contribution in [0, 0.1) is 0 Å². The van der Waals surface area contributed by atoms with Gasteiger partial charge in [0, 0.05) is 32.8 Å². The second-order valence-corrected chi connectivity index (χ2v) is 4.61. The van der Waals surface area contributed by atoms with E-state index in [1.807, 2.05) is 7.05 Å². The molecule has 16 heavy (non-hydrogen) atoms. The highest BCUT2D eigenvalue weighted by Gasteiger charge is 2.26. The van der Waals surface area contributed by atoms with Crippen LogP contribution in [-0.4, -0.2) is 49.7 Å². The van der Waals surface area contributed by atoms with Crippen molar-refractivity contribution in [2.75, 3.05) is 26.7 Å². The Labute approximate surface area is 98.1 Å². The maximum Gasteiger partial charge on any atom is 0.193 e. The summed E-state index contributed by atoms with van der Waals surface area (Å²) >= 11 is 0. The van der Waals surface area contributed by atoms with E-state index in [1.165, 1.54) is 12.8 Å². The van der Waals surface area contributed by atoms with Crippen LogP contribution in [0.25, 0.3) is 0 Å². The molecule has 1 saturated heterocycles. The highest BCUT2D eigenvalue weighted by atomic mass is 16.5. The van der Waals surface area contributed by atoms with Crippen LogP contribution in [-0.2, 0) is 4.74 Å². The Hall–Kier alpha value is -0.770. The molecule has 0 aromatic carbocycles. The predicted octanol–water partition coefficient (Wildman–Crippen LogP) is 1.23. The topological polar surface area (TPSA) is 36.9 Å². The van der Waals surface area contributed by atoms with Gasteiger partial charge in [-0.1, -0.05) is 0 Å². The molecule has 2 rings (SSSR count). The Bertz CT molecular complexity index is 243. The molecule has 0 radical (unpaired) electrons. The molecule has 1 saturated carbocycles. The van der Waals surface area contributed by atoms with E-state index >= 15 is 0 Å². The van der Waals surface area contributed by atoms with Crippen molar-refractivity contribution < 1.29 is 4.74 Å². The van der Waals surface area contributed by atoms with Gasteiger partial charge in [0.25, 0.3) is 0 Å². The summed E-state index contributed by atoms with van der Waals surface area (Å²) in [6.45, 7) is 5.04. The van der Waals surface area contributed by atoms with Crippen LogP contribution < -0.4 is 5.32 Å². The number of guanidine groups is 1. The number of rotatable bonds is 3. The summed E-state index contributed by atoms with van der Waals surface area (Å²) < 4.78 is 5.65. The second-order valence-electron chi connectivity index (χ2n) is 4.61. The summed E-state index contributed by atoms with van der Waals surface area (Å²) in [5.41, 5.74) is 0. The molecule has 4 nitrogen and oxygen atoms in total.